The van der Waals surface area contributed by atoms with Crippen LogP contribution in [-0.2, 0) is 14.3 Å². The summed E-state index contributed by atoms with van der Waals surface area (Å²) in [6.07, 6.45) is 0.618. The standard InChI is InChI=1S/C29H26ClN3O7/c1-4-15-40-29(37)20-7-5-6-8-22(20)33-27(35)24(30)25(28(33)36)31-18-11-9-17(10-12-18)26(34)32-21-16-19(38-2)13-14-23(21)39-3/h5-14,16,31H,4,15H2,1-3H3,(H,32,34). The fraction of sp³-hybridized carbons (Fsp3) is 0.172. The molecule has 11 heteroatoms. The summed E-state index contributed by atoms with van der Waals surface area (Å²) >= 11 is 6.26. The summed E-state index contributed by atoms with van der Waals surface area (Å²) in [4.78, 5) is 52.4. The van der Waals surface area contributed by atoms with Crippen molar-refractivity contribution >= 4 is 52.4 Å². The second kappa shape index (κ2) is 12.4. The van der Waals surface area contributed by atoms with E-state index < -0.39 is 23.7 Å². The van der Waals surface area contributed by atoms with Crippen molar-refractivity contribution in [1.29, 1.82) is 0 Å². The fourth-order valence-electron chi connectivity index (χ4n) is 3.90. The van der Waals surface area contributed by atoms with Gasteiger partial charge in [0.15, 0.2) is 0 Å². The Hall–Kier alpha value is -4.83. The largest absolute Gasteiger partial charge is 0.497 e. The molecule has 0 spiro atoms. The predicted molar refractivity (Wildman–Crippen MR) is 150 cm³/mol. The first-order valence-corrected chi connectivity index (χ1v) is 12.6. The minimum atomic E-state index is -0.784. The topological polar surface area (TPSA) is 123 Å². The first-order valence-electron chi connectivity index (χ1n) is 12.2. The summed E-state index contributed by atoms with van der Waals surface area (Å²) in [7, 11) is 3.01. The summed E-state index contributed by atoms with van der Waals surface area (Å²) in [5, 5.41) is 5.29. The molecule has 3 aromatic rings. The third-order valence-electron chi connectivity index (χ3n) is 5.90. The van der Waals surface area contributed by atoms with E-state index in [0.29, 0.717) is 34.9 Å². The maximum atomic E-state index is 13.3. The summed E-state index contributed by atoms with van der Waals surface area (Å²) in [5.74, 6) is -1.57. The van der Waals surface area contributed by atoms with E-state index in [4.69, 9.17) is 25.8 Å². The van der Waals surface area contributed by atoms with Gasteiger partial charge in [-0.05, 0) is 55.0 Å². The number of halogens is 1. The van der Waals surface area contributed by atoms with E-state index in [1.165, 1.54) is 38.5 Å². The van der Waals surface area contributed by atoms with E-state index in [2.05, 4.69) is 10.6 Å². The lowest BCUT2D eigenvalue weighted by atomic mass is 10.1. The third kappa shape index (κ3) is 5.76. The number of amides is 3. The molecule has 0 saturated heterocycles. The molecule has 2 N–H and O–H groups in total. The average Bonchev–Trinajstić information content (AvgIpc) is 3.18. The lowest BCUT2D eigenvalue weighted by Crippen LogP contribution is -2.33. The SMILES string of the molecule is CCCOC(=O)c1ccccc1N1C(=O)C(Cl)=C(Nc2ccc(C(=O)Nc3cc(OC)ccc3OC)cc2)C1=O. The minimum Gasteiger partial charge on any atom is -0.497 e. The third-order valence-corrected chi connectivity index (χ3v) is 6.25. The van der Waals surface area contributed by atoms with Crippen molar-refractivity contribution in [3.63, 3.8) is 0 Å². The molecule has 1 aliphatic rings. The zero-order valence-electron chi connectivity index (χ0n) is 21.9. The van der Waals surface area contributed by atoms with Crippen molar-refractivity contribution in [1.82, 2.24) is 0 Å². The summed E-state index contributed by atoms with van der Waals surface area (Å²) in [6.45, 7) is 2.05. The molecule has 1 heterocycles. The smallest absolute Gasteiger partial charge is 0.340 e. The second-order valence-electron chi connectivity index (χ2n) is 8.51. The number of carbonyl (C=O) groups excluding carboxylic acids is 4. The highest BCUT2D eigenvalue weighted by molar-refractivity contribution is 6.53. The van der Waals surface area contributed by atoms with Crippen LogP contribution in [0.15, 0.2) is 77.5 Å². The molecule has 3 aromatic carbocycles. The van der Waals surface area contributed by atoms with Gasteiger partial charge >= 0.3 is 5.97 Å². The van der Waals surface area contributed by atoms with Gasteiger partial charge in [0.05, 0.1) is 37.8 Å². The number of benzene rings is 3. The molecule has 4 rings (SSSR count). The van der Waals surface area contributed by atoms with Crippen LogP contribution in [0, 0.1) is 0 Å². The van der Waals surface area contributed by atoms with Crippen molar-refractivity contribution in [3.8, 4) is 11.5 Å². The highest BCUT2D eigenvalue weighted by Crippen LogP contribution is 2.33. The Balaban J connectivity index is 1.50. The average molecular weight is 564 g/mol. The zero-order valence-corrected chi connectivity index (χ0v) is 22.7. The predicted octanol–water partition coefficient (Wildman–Crippen LogP) is 4.96. The molecule has 1 aliphatic heterocycles. The van der Waals surface area contributed by atoms with Gasteiger partial charge in [-0.3, -0.25) is 14.4 Å². The van der Waals surface area contributed by atoms with Crippen molar-refractivity contribution in [2.45, 2.75) is 13.3 Å². The molecular formula is C29H26ClN3O7. The van der Waals surface area contributed by atoms with E-state index >= 15 is 0 Å². The molecule has 0 aliphatic carbocycles. The summed E-state index contributed by atoms with van der Waals surface area (Å²) in [6, 6.07) is 17.4. The van der Waals surface area contributed by atoms with Crippen LogP contribution in [0.1, 0.15) is 34.1 Å². The molecule has 0 saturated carbocycles. The van der Waals surface area contributed by atoms with Crippen LogP contribution in [0.2, 0.25) is 0 Å². The Morgan fingerprint density at radius 2 is 1.65 bits per heavy atom. The van der Waals surface area contributed by atoms with Gasteiger partial charge in [0.1, 0.15) is 22.2 Å². The number of methoxy groups -OCH3 is 2. The van der Waals surface area contributed by atoms with Crippen molar-refractivity contribution in [3.05, 3.63) is 88.6 Å². The number of anilines is 3. The van der Waals surface area contributed by atoms with Crippen molar-refractivity contribution < 1.29 is 33.4 Å². The molecule has 0 unspecified atom stereocenters. The molecular weight excluding hydrogens is 538 g/mol. The van der Waals surface area contributed by atoms with Crippen molar-refractivity contribution in [2.24, 2.45) is 0 Å². The number of hydrogen-bond donors (Lipinski definition) is 2. The normalized spacial score (nSPS) is 12.8. The molecule has 0 bridgehead atoms. The van der Waals surface area contributed by atoms with E-state index in [1.54, 1.807) is 42.5 Å². The molecule has 10 nitrogen and oxygen atoms in total. The highest BCUT2D eigenvalue weighted by Gasteiger charge is 2.40. The first-order chi connectivity index (χ1) is 19.3. The molecule has 0 radical (unpaired) electrons. The maximum absolute atomic E-state index is 13.3. The zero-order chi connectivity index (χ0) is 28.8. The Morgan fingerprint density at radius 3 is 2.33 bits per heavy atom. The van der Waals surface area contributed by atoms with Crippen LogP contribution >= 0.6 is 11.6 Å². The second-order valence-corrected chi connectivity index (χ2v) is 8.89. The first kappa shape index (κ1) is 28.2. The van der Waals surface area contributed by atoms with Crippen LogP contribution in [0.3, 0.4) is 0 Å². The van der Waals surface area contributed by atoms with E-state index in [9.17, 15) is 19.2 Å². The number of nitrogens with zero attached hydrogens (tertiary/aromatic N) is 1. The Kier molecular flexibility index (Phi) is 8.70. The van der Waals surface area contributed by atoms with Gasteiger partial charge in [0.2, 0.25) is 0 Å². The molecule has 0 aromatic heterocycles. The number of esters is 1. The Morgan fingerprint density at radius 1 is 0.925 bits per heavy atom. The lowest BCUT2D eigenvalue weighted by Gasteiger charge is -2.18. The number of carbonyl (C=O) groups is 4. The summed E-state index contributed by atoms with van der Waals surface area (Å²) in [5.41, 5.74) is 1.12. The molecule has 40 heavy (non-hydrogen) atoms. The van der Waals surface area contributed by atoms with E-state index in [-0.39, 0.29) is 28.6 Å². The van der Waals surface area contributed by atoms with Crippen LogP contribution in [0.25, 0.3) is 0 Å². The minimum absolute atomic E-state index is 0.0615. The number of imide groups is 1. The number of para-hydroxylation sites is 1. The van der Waals surface area contributed by atoms with E-state index in [1.807, 2.05) is 6.92 Å². The Bertz CT molecular complexity index is 1500. The van der Waals surface area contributed by atoms with Gasteiger partial charge in [0.25, 0.3) is 17.7 Å². The molecule has 206 valence electrons. The maximum Gasteiger partial charge on any atom is 0.340 e. The van der Waals surface area contributed by atoms with Gasteiger partial charge in [-0.15, -0.1) is 0 Å². The van der Waals surface area contributed by atoms with Gasteiger partial charge in [-0.25, -0.2) is 9.69 Å². The van der Waals surface area contributed by atoms with E-state index in [0.717, 1.165) is 4.90 Å². The molecule has 0 fully saturated rings. The van der Waals surface area contributed by atoms with Crippen LogP contribution in [0.4, 0.5) is 17.1 Å². The van der Waals surface area contributed by atoms with Crippen LogP contribution in [0.5, 0.6) is 11.5 Å². The summed E-state index contributed by atoms with van der Waals surface area (Å²) < 4.78 is 15.7. The lowest BCUT2D eigenvalue weighted by molar-refractivity contribution is -0.120. The number of ether oxygens (including phenoxy) is 3. The van der Waals surface area contributed by atoms with Gasteiger partial charge in [0, 0.05) is 17.3 Å². The monoisotopic (exact) mass is 563 g/mol. The van der Waals surface area contributed by atoms with Gasteiger partial charge in [-0.2, -0.15) is 0 Å². The number of hydrogen-bond acceptors (Lipinski definition) is 8. The fourth-order valence-corrected chi connectivity index (χ4v) is 4.11. The van der Waals surface area contributed by atoms with Gasteiger partial charge < -0.3 is 24.8 Å². The highest BCUT2D eigenvalue weighted by atomic mass is 35.5. The quantitative estimate of drug-likeness (QED) is 0.262. The molecule has 3 amide bonds. The molecule has 0 atom stereocenters. The van der Waals surface area contributed by atoms with Crippen LogP contribution < -0.4 is 25.0 Å². The van der Waals surface area contributed by atoms with Gasteiger partial charge in [-0.1, -0.05) is 30.7 Å². The number of nitrogens with one attached hydrogen (secondary N) is 2. The Labute approximate surface area is 235 Å². The number of rotatable bonds is 10. The van der Waals surface area contributed by atoms with Crippen LogP contribution in [-0.4, -0.2) is 44.5 Å². The van der Waals surface area contributed by atoms with Crippen molar-refractivity contribution in [2.75, 3.05) is 36.4 Å².